The van der Waals surface area contributed by atoms with Gasteiger partial charge in [0.25, 0.3) is 0 Å². The van der Waals surface area contributed by atoms with Crippen molar-refractivity contribution < 1.29 is 14.3 Å². The SMILES string of the molecule is COC(=O)C1=C(C)NC2=C(C(=O)c3ccccc32)[C@@H]1c1c(C)n(Cc2ccc(Cl)c(Cl)c2)c2ccccc12. The average molecular weight is 543 g/mol. The lowest BCUT2D eigenvalue weighted by molar-refractivity contribution is -0.136. The Morgan fingerprint density at radius 1 is 0.974 bits per heavy atom. The third-order valence-corrected chi connectivity index (χ3v) is 8.29. The number of rotatable bonds is 4. The number of esters is 1. The summed E-state index contributed by atoms with van der Waals surface area (Å²) in [4.78, 5) is 27.1. The van der Waals surface area contributed by atoms with Crippen LogP contribution in [0.1, 0.15) is 45.6 Å². The molecule has 0 unspecified atom stereocenters. The van der Waals surface area contributed by atoms with E-state index >= 15 is 0 Å². The van der Waals surface area contributed by atoms with Crippen molar-refractivity contribution in [1.82, 2.24) is 9.88 Å². The standard InChI is InChI=1S/C31H24Cl2N2O3/c1-16-25(31(37)38-3)27(28-29(34-16)19-8-4-5-9-20(19)30(28)36)26-17(2)35(24-11-7-6-10-21(24)26)15-18-12-13-22(32)23(33)14-18/h4-14,27,34H,15H2,1-3H3/t27-/m0/s1. The third-order valence-electron chi connectivity index (χ3n) is 7.55. The lowest BCUT2D eigenvalue weighted by atomic mass is 9.78. The molecule has 2 heterocycles. The smallest absolute Gasteiger partial charge is 0.336 e. The van der Waals surface area contributed by atoms with Crippen molar-refractivity contribution in [2.24, 2.45) is 0 Å². The van der Waals surface area contributed by atoms with Gasteiger partial charge in [-0.15, -0.1) is 0 Å². The number of benzene rings is 3. The van der Waals surface area contributed by atoms with Gasteiger partial charge in [0.15, 0.2) is 5.78 Å². The van der Waals surface area contributed by atoms with E-state index in [-0.39, 0.29) is 5.78 Å². The minimum Gasteiger partial charge on any atom is -0.466 e. The van der Waals surface area contributed by atoms with E-state index in [0.717, 1.165) is 39.0 Å². The van der Waals surface area contributed by atoms with Gasteiger partial charge >= 0.3 is 5.97 Å². The van der Waals surface area contributed by atoms with Gasteiger partial charge < -0.3 is 14.6 Å². The van der Waals surface area contributed by atoms with Gasteiger partial charge in [0.1, 0.15) is 0 Å². The van der Waals surface area contributed by atoms with Crippen LogP contribution in [0.3, 0.4) is 0 Å². The normalized spacial score (nSPS) is 16.6. The number of ketones is 1. The third kappa shape index (κ3) is 3.61. The number of Topliss-reactive ketones (excluding diaryl/α,β-unsaturated/α-hetero) is 1. The highest BCUT2D eigenvalue weighted by atomic mass is 35.5. The maximum atomic E-state index is 13.9. The summed E-state index contributed by atoms with van der Waals surface area (Å²) >= 11 is 12.5. The second kappa shape index (κ2) is 9.19. The fraction of sp³-hybridized carbons (Fsp3) is 0.161. The molecule has 1 aliphatic heterocycles. The first-order valence-corrected chi connectivity index (χ1v) is 13.0. The molecule has 0 radical (unpaired) electrons. The van der Waals surface area contributed by atoms with Gasteiger partial charge in [0.2, 0.25) is 0 Å². The summed E-state index contributed by atoms with van der Waals surface area (Å²) in [5.41, 5.74) is 7.76. The molecule has 2 aliphatic rings. The minimum absolute atomic E-state index is 0.0808. The maximum absolute atomic E-state index is 13.9. The minimum atomic E-state index is -0.599. The molecule has 1 aliphatic carbocycles. The number of carbonyl (C=O) groups is 2. The van der Waals surface area contributed by atoms with Gasteiger partial charge in [-0.3, -0.25) is 4.79 Å². The van der Waals surface area contributed by atoms with Crippen LogP contribution in [0.4, 0.5) is 0 Å². The van der Waals surface area contributed by atoms with E-state index in [0.29, 0.717) is 39.0 Å². The summed E-state index contributed by atoms with van der Waals surface area (Å²) in [5, 5.41) is 5.33. The predicted octanol–water partition coefficient (Wildman–Crippen LogP) is 7.05. The molecule has 0 saturated heterocycles. The number of methoxy groups -OCH3 is 1. The Bertz CT molecular complexity index is 1750. The monoisotopic (exact) mass is 542 g/mol. The van der Waals surface area contributed by atoms with Crippen LogP contribution in [0.5, 0.6) is 0 Å². The average Bonchev–Trinajstić information content (AvgIpc) is 3.36. The van der Waals surface area contributed by atoms with Gasteiger partial charge in [0, 0.05) is 45.5 Å². The lowest BCUT2D eigenvalue weighted by Crippen LogP contribution is -2.29. The molecule has 1 aromatic heterocycles. The zero-order valence-corrected chi connectivity index (χ0v) is 22.6. The summed E-state index contributed by atoms with van der Waals surface area (Å²) in [6.07, 6.45) is 0. The fourth-order valence-electron chi connectivity index (χ4n) is 5.84. The molecule has 4 aromatic rings. The van der Waals surface area contributed by atoms with Crippen molar-refractivity contribution in [1.29, 1.82) is 0 Å². The van der Waals surface area contributed by atoms with Crippen molar-refractivity contribution in [3.8, 4) is 0 Å². The van der Waals surface area contributed by atoms with Gasteiger partial charge in [0.05, 0.1) is 34.3 Å². The number of nitrogens with zero attached hydrogens (tertiary/aromatic N) is 1. The van der Waals surface area contributed by atoms with E-state index in [1.54, 1.807) is 6.07 Å². The van der Waals surface area contributed by atoms with Crippen molar-refractivity contribution in [2.75, 3.05) is 7.11 Å². The number of dihydropyridines is 1. The number of nitrogens with one attached hydrogen (secondary N) is 1. The summed E-state index contributed by atoms with van der Waals surface area (Å²) in [6, 6.07) is 21.2. The number of hydrogen-bond acceptors (Lipinski definition) is 4. The Morgan fingerprint density at radius 3 is 2.42 bits per heavy atom. The largest absolute Gasteiger partial charge is 0.466 e. The Kier molecular flexibility index (Phi) is 5.93. The molecule has 1 N–H and O–H groups in total. The van der Waals surface area contributed by atoms with Gasteiger partial charge in [-0.25, -0.2) is 4.79 Å². The molecule has 1 atom stereocenters. The molecular weight excluding hydrogens is 519 g/mol. The second-order valence-corrected chi connectivity index (χ2v) is 10.4. The van der Waals surface area contributed by atoms with E-state index in [1.165, 1.54) is 7.11 Å². The molecule has 3 aromatic carbocycles. The molecule has 0 amide bonds. The van der Waals surface area contributed by atoms with Crippen LogP contribution in [0.15, 0.2) is 83.6 Å². The number of carbonyl (C=O) groups excluding carboxylic acids is 2. The first-order valence-electron chi connectivity index (χ1n) is 12.3. The number of ether oxygens (including phenoxy) is 1. The number of aromatic nitrogens is 1. The Balaban J connectivity index is 1.61. The van der Waals surface area contributed by atoms with Crippen molar-refractivity contribution >= 4 is 51.6 Å². The second-order valence-electron chi connectivity index (χ2n) is 9.60. The van der Waals surface area contributed by atoms with E-state index in [9.17, 15) is 9.59 Å². The summed E-state index contributed by atoms with van der Waals surface area (Å²) < 4.78 is 7.44. The first kappa shape index (κ1) is 24.5. The van der Waals surface area contributed by atoms with Crippen LogP contribution < -0.4 is 5.32 Å². The fourth-order valence-corrected chi connectivity index (χ4v) is 6.17. The summed E-state index contributed by atoms with van der Waals surface area (Å²) in [6.45, 7) is 4.44. The maximum Gasteiger partial charge on any atom is 0.336 e. The molecule has 190 valence electrons. The molecule has 7 heteroatoms. The number of halogens is 2. The van der Waals surface area contributed by atoms with Crippen molar-refractivity contribution in [3.05, 3.63) is 122 Å². The zero-order valence-electron chi connectivity index (χ0n) is 21.1. The lowest BCUT2D eigenvalue weighted by Gasteiger charge is -2.29. The number of fused-ring (bicyclic) bond motifs is 3. The van der Waals surface area contributed by atoms with Gasteiger partial charge in [-0.2, -0.15) is 0 Å². The summed E-state index contributed by atoms with van der Waals surface area (Å²) in [5.74, 6) is -1.14. The van der Waals surface area contributed by atoms with Crippen LogP contribution in [0, 0.1) is 6.92 Å². The van der Waals surface area contributed by atoms with Crippen molar-refractivity contribution in [3.63, 3.8) is 0 Å². The molecular formula is C31H24Cl2N2O3. The van der Waals surface area contributed by atoms with Crippen LogP contribution in [0.2, 0.25) is 10.0 Å². The zero-order chi connectivity index (χ0) is 26.7. The Hall–Kier alpha value is -3.80. The van der Waals surface area contributed by atoms with E-state index in [1.807, 2.05) is 68.4 Å². The summed E-state index contributed by atoms with van der Waals surface area (Å²) in [7, 11) is 1.37. The quantitative estimate of drug-likeness (QED) is 0.281. The Morgan fingerprint density at radius 2 is 1.68 bits per heavy atom. The van der Waals surface area contributed by atoms with E-state index in [2.05, 4.69) is 16.0 Å². The van der Waals surface area contributed by atoms with Gasteiger partial charge in [-0.1, -0.05) is 71.7 Å². The number of para-hydroxylation sites is 1. The molecule has 0 saturated carbocycles. The Labute approximate surface area is 230 Å². The molecule has 0 spiro atoms. The van der Waals surface area contributed by atoms with E-state index in [4.69, 9.17) is 27.9 Å². The highest BCUT2D eigenvalue weighted by Gasteiger charge is 2.44. The predicted molar refractivity (Wildman–Crippen MR) is 151 cm³/mol. The highest BCUT2D eigenvalue weighted by Crippen LogP contribution is 2.49. The molecule has 6 rings (SSSR count). The van der Waals surface area contributed by atoms with E-state index < -0.39 is 11.9 Å². The number of hydrogen-bond donors (Lipinski definition) is 1. The number of allylic oxidation sites excluding steroid dienone is 2. The van der Waals surface area contributed by atoms with Crippen LogP contribution >= 0.6 is 23.2 Å². The van der Waals surface area contributed by atoms with Crippen molar-refractivity contribution in [2.45, 2.75) is 26.3 Å². The van der Waals surface area contributed by atoms with Crippen LogP contribution in [-0.2, 0) is 16.1 Å². The highest BCUT2D eigenvalue weighted by molar-refractivity contribution is 6.42. The van der Waals surface area contributed by atoms with Gasteiger partial charge in [-0.05, 0) is 43.2 Å². The topological polar surface area (TPSA) is 60.3 Å². The van der Waals surface area contributed by atoms with Crippen LogP contribution in [-0.4, -0.2) is 23.4 Å². The first-order chi connectivity index (χ1) is 18.3. The van der Waals surface area contributed by atoms with Crippen LogP contribution in [0.25, 0.3) is 16.6 Å². The molecule has 5 nitrogen and oxygen atoms in total. The molecule has 0 bridgehead atoms. The molecule has 0 fully saturated rings. The molecule has 38 heavy (non-hydrogen) atoms.